The van der Waals surface area contributed by atoms with E-state index in [2.05, 4.69) is 0 Å². The maximum atomic E-state index is 12.9. The predicted molar refractivity (Wildman–Crippen MR) is 98.4 cm³/mol. The highest BCUT2D eigenvalue weighted by atomic mass is 16.5. The number of ether oxygens (including phenoxy) is 2. The zero-order valence-corrected chi connectivity index (χ0v) is 16.1. The van der Waals surface area contributed by atoms with E-state index >= 15 is 0 Å². The average molecular weight is 364 g/mol. The van der Waals surface area contributed by atoms with Crippen molar-refractivity contribution in [2.45, 2.75) is 83.7 Å². The van der Waals surface area contributed by atoms with Crippen molar-refractivity contribution in [2.24, 2.45) is 11.3 Å². The van der Waals surface area contributed by atoms with E-state index in [9.17, 15) is 14.4 Å². The number of methoxy groups -OCH3 is 1. The van der Waals surface area contributed by atoms with E-state index in [-0.39, 0.29) is 23.8 Å². The van der Waals surface area contributed by atoms with Gasteiger partial charge in [-0.1, -0.05) is 31.8 Å². The van der Waals surface area contributed by atoms with Gasteiger partial charge < -0.3 is 9.47 Å². The van der Waals surface area contributed by atoms with Crippen molar-refractivity contribution in [3.63, 3.8) is 0 Å². The van der Waals surface area contributed by atoms with Crippen LogP contribution in [-0.2, 0) is 23.9 Å². The van der Waals surface area contributed by atoms with Crippen molar-refractivity contribution in [1.82, 2.24) is 0 Å². The minimum atomic E-state index is -1.07. The monoisotopic (exact) mass is 364 g/mol. The van der Waals surface area contributed by atoms with Gasteiger partial charge in [-0.3, -0.25) is 14.4 Å². The molecular weight excluding hydrogens is 332 g/mol. The van der Waals surface area contributed by atoms with Crippen LogP contribution in [0.3, 0.4) is 0 Å². The number of ketones is 1. The molecule has 1 fully saturated rings. The Kier molecular flexibility index (Phi) is 7.85. The van der Waals surface area contributed by atoms with Crippen molar-refractivity contribution in [1.29, 1.82) is 0 Å². The van der Waals surface area contributed by atoms with Gasteiger partial charge in [0.2, 0.25) is 0 Å². The fourth-order valence-corrected chi connectivity index (χ4v) is 4.50. The summed E-state index contributed by atoms with van der Waals surface area (Å²) in [5.74, 6) is -0.674. The third kappa shape index (κ3) is 4.95. The molecule has 0 N–H and O–H groups in total. The number of Topliss-reactive ketones (excluding diaryl/α,β-unsaturated/α-hetero) is 1. The van der Waals surface area contributed by atoms with Crippen LogP contribution in [0.25, 0.3) is 0 Å². The van der Waals surface area contributed by atoms with Crippen LogP contribution in [-0.4, -0.2) is 30.9 Å². The topological polar surface area (TPSA) is 69.7 Å². The summed E-state index contributed by atoms with van der Waals surface area (Å²) in [5.41, 5.74) is -1.07. The van der Waals surface area contributed by atoms with Gasteiger partial charge in [0.1, 0.15) is 11.5 Å². The number of esters is 2. The maximum absolute atomic E-state index is 12.9. The highest BCUT2D eigenvalue weighted by molar-refractivity contribution is 6.04. The summed E-state index contributed by atoms with van der Waals surface area (Å²) in [7, 11) is 1.36. The molecule has 0 aliphatic heterocycles. The summed E-state index contributed by atoms with van der Waals surface area (Å²) in [6.07, 6.45) is 13.0. The highest BCUT2D eigenvalue weighted by Gasteiger charge is 2.52. The smallest absolute Gasteiger partial charge is 0.319 e. The van der Waals surface area contributed by atoms with E-state index in [1.165, 1.54) is 14.0 Å². The van der Waals surface area contributed by atoms with Crippen molar-refractivity contribution in [3.8, 4) is 0 Å². The van der Waals surface area contributed by atoms with E-state index in [4.69, 9.17) is 9.47 Å². The molecule has 26 heavy (non-hydrogen) atoms. The Labute approximate surface area is 156 Å². The second-order valence-corrected chi connectivity index (χ2v) is 7.60. The number of rotatable bonds is 2. The number of carbonyl (C=O) groups is 3. The quantitative estimate of drug-likeness (QED) is 0.418. The number of hydrogen-bond donors (Lipinski definition) is 0. The van der Waals surface area contributed by atoms with Gasteiger partial charge in [0.05, 0.1) is 7.11 Å². The lowest BCUT2D eigenvalue weighted by molar-refractivity contribution is -0.164. The molecule has 2 aliphatic carbocycles. The van der Waals surface area contributed by atoms with Crippen LogP contribution < -0.4 is 0 Å². The molecule has 146 valence electrons. The van der Waals surface area contributed by atoms with E-state index in [0.717, 1.165) is 57.8 Å². The minimum absolute atomic E-state index is 0.00385. The van der Waals surface area contributed by atoms with Crippen molar-refractivity contribution in [2.75, 3.05) is 7.11 Å². The fourth-order valence-electron chi connectivity index (χ4n) is 4.50. The van der Waals surface area contributed by atoms with Crippen LogP contribution in [0.15, 0.2) is 12.2 Å². The first-order valence-corrected chi connectivity index (χ1v) is 9.96. The van der Waals surface area contributed by atoms with E-state index < -0.39 is 11.4 Å². The summed E-state index contributed by atoms with van der Waals surface area (Å²) >= 11 is 0. The zero-order chi connectivity index (χ0) is 19.0. The van der Waals surface area contributed by atoms with Crippen LogP contribution in [0.4, 0.5) is 0 Å². The fraction of sp³-hybridized carbons (Fsp3) is 0.762. The molecule has 0 radical (unpaired) electrons. The molecule has 2 aliphatic rings. The first-order valence-electron chi connectivity index (χ1n) is 9.96. The molecule has 0 aromatic heterocycles. The van der Waals surface area contributed by atoms with Gasteiger partial charge in [0.15, 0.2) is 5.78 Å². The lowest BCUT2D eigenvalue weighted by Gasteiger charge is -2.40. The molecule has 0 saturated heterocycles. The molecule has 2 rings (SSSR count). The normalized spacial score (nSPS) is 32.2. The lowest BCUT2D eigenvalue weighted by Crippen LogP contribution is -2.48. The van der Waals surface area contributed by atoms with Crippen LogP contribution in [0.5, 0.6) is 0 Å². The predicted octanol–water partition coefficient (Wildman–Crippen LogP) is 4.14. The van der Waals surface area contributed by atoms with Gasteiger partial charge in [-0.25, -0.2) is 0 Å². The Balaban J connectivity index is 2.29. The summed E-state index contributed by atoms with van der Waals surface area (Å²) in [4.78, 5) is 36.9. The van der Waals surface area contributed by atoms with Crippen molar-refractivity contribution >= 4 is 17.7 Å². The Morgan fingerprint density at radius 1 is 1.04 bits per heavy atom. The molecule has 0 aromatic rings. The van der Waals surface area contributed by atoms with Crippen LogP contribution >= 0.6 is 0 Å². The largest absolute Gasteiger partial charge is 0.468 e. The molecule has 1 unspecified atom stereocenters. The minimum Gasteiger partial charge on any atom is -0.468 e. The lowest BCUT2D eigenvalue weighted by atomic mass is 9.62. The second-order valence-electron chi connectivity index (χ2n) is 7.60. The van der Waals surface area contributed by atoms with E-state index in [1.54, 1.807) is 0 Å². The van der Waals surface area contributed by atoms with Crippen LogP contribution in [0.2, 0.25) is 0 Å². The summed E-state index contributed by atoms with van der Waals surface area (Å²) in [6.45, 7) is 1.41. The Hall–Kier alpha value is -1.65. The molecular formula is C21H32O5. The van der Waals surface area contributed by atoms with Gasteiger partial charge in [0.25, 0.3) is 0 Å². The SMILES string of the molecule is COC(=O)[C@@]12C/C=C\C(OC(C)=O)CCCCCCC[C@@H]1CCCC2=O. The molecule has 1 saturated carbocycles. The third-order valence-electron chi connectivity index (χ3n) is 5.85. The molecule has 0 aromatic carbocycles. The zero-order valence-electron chi connectivity index (χ0n) is 16.1. The van der Waals surface area contributed by atoms with Crippen molar-refractivity contribution in [3.05, 3.63) is 12.2 Å². The third-order valence-corrected chi connectivity index (χ3v) is 5.85. The number of carbonyl (C=O) groups excluding carboxylic acids is 3. The highest BCUT2D eigenvalue weighted by Crippen LogP contribution is 2.45. The van der Waals surface area contributed by atoms with E-state index in [1.807, 2.05) is 12.2 Å². The summed E-state index contributed by atoms with van der Waals surface area (Å²) < 4.78 is 10.5. The number of allylic oxidation sites excluding steroid dienone is 1. The number of hydrogen-bond acceptors (Lipinski definition) is 5. The maximum Gasteiger partial charge on any atom is 0.319 e. The van der Waals surface area contributed by atoms with Gasteiger partial charge in [-0.05, 0) is 50.5 Å². The molecule has 5 nitrogen and oxygen atoms in total. The summed E-state index contributed by atoms with van der Waals surface area (Å²) in [5, 5.41) is 0. The van der Waals surface area contributed by atoms with Crippen LogP contribution in [0, 0.1) is 11.3 Å². The molecule has 5 heteroatoms. The Morgan fingerprint density at radius 3 is 2.38 bits per heavy atom. The first kappa shape index (κ1) is 20.7. The standard InChI is InChI=1S/C21H32O5/c1-16(22)26-18-12-7-5-3-4-6-10-17-11-8-14-19(23)21(17,15-9-13-18)20(24)25-2/h9,13,17-18H,3-8,10-12,14-15H2,1-2H3/b13-9-/t17-,18?,21+/m1/s1. The van der Waals surface area contributed by atoms with Gasteiger partial charge in [-0.2, -0.15) is 0 Å². The van der Waals surface area contributed by atoms with Gasteiger partial charge in [-0.15, -0.1) is 0 Å². The molecule has 0 spiro atoms. The number of fused-ring (bicyclic) bond motifs is 1. The molecule has 0 bridgehead atoms. The summed E-state index contributed by atoms with van der Waals surface area (Å²) in [6, 6.07) is 0. The van der Waals surface area contributed by atoms with E-state index in [0.29, 0.717) is 12.8 Å². The molecule has 3 atom stereocenters. The second kappa shape index (κ2) is 9.89. The van der Waals surface area contributed by atoms with Gasteiger partial charge >= 0.3 is 11.9 Å². The average Bonchev–Trinajstić information content (AvgIpc) is 2.62. The van der Waals surface area contributed by atoms with Crippen molar-refractivity contribution < 1.29 is 23.9 Å². The Bertz CT molecular complexity index is 529. The van der Waals surface area contributed by atoms with Gasteiger partial charge in [0, 0.05) is 13.3 Å². The molecule has 0 amide bonds. The Morgan fingerprint density at radius 2 is 1.69 bits per heavy atom. The first-order chi connectivity index (χ1) is 12.5. The molecule has 0 heterocycles. The van der Waals surface area contributed by atoms with Crippen LogP contribution in [0.1, 0.15) is 77.6 Å².